The van der Waals surface area contributed by atoms with Crippen LogP contribution in [0.2, 0.25) is 0 Å². The van der Waals surface area contributed by atoms with Gasteiger partial charge in [0.15, 0.2) is 0 Å². The number of nitrogens with zero attached hydrogens (tertiary/aromatic N) is 1. The number of para-hydroxylation sites is 1. The van der Waals surface area contributed by atoms with Crippen LogP contribution >= 0.6 is 11.3 Å². The number of aromatic nitrogens is 1. The Morgan fingerprint density at radius 1 is 1.27 bits per heavy atom. The molecule has 33 heavy (non-hydrogen) atoms. The highest BCUT2D eigenvalue weighted by Gasteiger charge is 2.73. The molecule has 3 aromatic rings. The molecule has 1 fully saturated rings. The summed E-state index contributed by atoms with van der Waals surface area (Å²) in [4.78, 5) is 12.3. The molecule has 0 radical (unpaired) electrons. The van der Waals surface area contributed by atoms with Crippen LogP contribution in [-0.4, -0.2) is 37.3 Å². The van der Waals surface area contributed by atoms with Crippen LogP contribution in [0.3, 0.4) is 0 Å². The van der Waals surface area contributed by atoms with Gasteiger partial charge in [-0.2, -0.15) is 17.9 Å². The summed E-state index contributed by atoms with van der Waals surface area (Å²) in [6.45, 7) is 1.62. The second-order valence-corrected chi connectivity index (χ2v) is 10.7. The van der Waals surface area contributed by atoms with E-state index in [2.05, 4.69) is 14.4 Å². The Balaban J connectivity index is 1.65. The van der Waals surface area contributed by atoms with Gasteiger partial charge in [-0.25, -0.2) is 8.42 Å². The maximum Gasteiger partial charge on any atom is 0.452 e. The number of halogens is 3. The van der Waals surface area contributed by atoms with E-state index in [1.54, 1.807) is 31.2 Å². The van der Waals surface area contributed by atoms with Crippen molar-refractivity contribution in [1.82, 2.24) is 9.88 Å². The van der Waals surface area contributed by atoms with Crippen molar-refractivity contribution >= 4 is 27.3 Å². The van der Waals surface area contributed by atoms with Gasteiger partial charge in [-0.1, -0.05) is 30.3 Å². The van der Waals surface area contributed by atoms with Crippen molar-refractivity contribution in [2.24, 2.45) is 0 Å². The molecular formula is C20H17F3N2O6S2. The van der Waals surface area contributed by atoms with Crippen LogP contribution in [0.5, 0.6) is 5.75 Å². The van der Waals surface area contributed by atoms with E-state index in [1.807, 2.05) is 0 Å². The lowest BCUT2D eigenvalue weighted by Gasteiger charge is -2.22. The predicted octanol–water partition coefficient (Wildman–Crippen LogP) is 3.89. The van der Waals surface area contributed by atoms with Crippen LogP contribution in [0.25, 0.3) is 10.6 Å². The highest BCUT2D eigenvalue weighted by molar-refractivity contribution is 7.91. The fraction of sp³-hybridized carbons (Fsp3) is 0.300. The fourth-order valence-corrected chi connectivity index (χ4v) is 6.54. The van der Waals surface area contributed by atoms with Crippen LogP contribution < -0.4 is 9.46 Å². The van der Waals surface area contributed by atoms with Gasteiger partial charge in [0.25, 0.3) is 10.0 Å². The number of benzene rings is 1. The van der Waals surface area contributed by atoms with Crippen LogP contribution in [-0.2, 0) is 26.4 Å². The van der Waals surface area contributed by atoms with E-state index in [1.165, 1.54) is 19.2 Å². The fourth-order valence-electron chi connectivity index (χ4n) is 3.82. The summed E-state index contributed by atoms with van der Waals surface area (Å²) in [7, 11) is -2.91. The summed E-state index contributed by atoms with van der Waals surface area (Å²) in [5.74, 6) is -2.25. The number of carboxylic acid groups (broad SMARTS) is 1. The van der Waals surface area contributed by atoms with Crippen LogP contribution in [0, 0.1) is 0 Å². The van der Waals surface area contributed by atoms with Crippen molar-refractivity contribution in [3.63, 3.8) is 0 Å². The van der Waals surface area contributed by atoms with Crippen molar-refractivity contribution < 1.29 is 40.8 Å². The predicted molar refractivity (Wildman–Crippen MR) is 110 cm³/mol. The average molecular weight is 502 g/mol. The molecule has 2 aromatic heterocycles. The Morgan fingerprint density at radius 3 is 2.58 bits per heavy atom. The zero-order chi connectivity index (χ0) is 24.2. The molecule has 0 saturated heterocycles. The number of carbonyl (C=O) groups is 1. The minimum Gasteiger partial charge on any atom is -0.496 e. The molecule has 13 heteroatoms. The third kappa shape index (κ3) is 3.79. The zero-order valence-corrected chi connectivity index (χ0v) is 18.8. The smallest absolute Gasteiger partial charge is 0.452 e. The number of rotatable bonds is 7. The molecule has 0 spiro atoms. The quantitative estimate of drug-likeness (QED) is 0.503. The molecule has 1 aromatic carbocycles. The summed E-state index contributed by atoms with van der Waals surface area (Å²) in [5, 5.41) is 13.3. The lowest BCUT2D eigenvalue weighted by molar-refractivity contribution is -0.155. The number of nitrogens with one attached hydrogen (secondary N) is 1. The molecule has 2 N–H and O–H groups in total. The topological polar surface area (TPSA) is 119 Å². The third-order valence-corrected chi connectivity index (χ3v) is 8.79. The molecule has 0 aliphatic heterocycles. The highest BCUT2D eigenvalue weighted by atomic mass is 32.2. The summed E-state index contributed by atoms with van der Waals surface area (Å²) in [5.41, 5.74) is -2.58. The number of ether oxygens (including phenoxy) is 1. The Bertz CT molecular complexity index is 1330. The Labute approximate surface area is 190 Å². The minimum atomic E-state index is -4.73. The summed E-state index contributed by atoms with van der Waals surface area (Å²) >= 11 is 0.643. The van der Waals surface area contributed by atoms with E-state index < -0.39 is 38.9 Å². The largest absolute Gasteiger partial charge is 0.496 e. The summed E-state index contributed by atoms with van der Waals surface area (Å²) < 4.78 is 76.0. The summed E-state index contributed by atoms with van der Waals surface area (Å²) in [6.07, 6.45) is -4.76. The van der Waals surface area contributed by atoms with E-state index in [9.17, 15) is 31.5 Å². The van der Waals surface area contributed by atoms with Crippen molar-refractivity contribution in [3.05, 3.63) is 53.8 Å². The Morgan fingerprint density at radius 2 is 1.97 bits per heavy atom. The van der Waals surface area contributed by atoms with Gasteiger partial charge in [0.2, 0.25) is 5.76 Å². The first kappa shape index (κ1) is 23.3. The van der Waals surface area contributed by atoms with Crippen molar-refractivity contribution in [1.29, 1.82) is 0 Å². The molecule has 2 heterocycles. The van der Waals surface area contributed by atoms with E-state index >= 15 is 0 Å². The lowest BCUT2D eigenvalue weighted by Crippen LogP contribution is -2.48. The molecule has 176 valence electrons. The molecule has 1 saturated carbocycles. The number of alkyl halides is 3. The number of carboxylic acids is 1. The van der Waals surface area contributed by atoms with Gasteiger partial charge in [0, 0.05) is 17.0 Å². The van der Waals surface area contributed by atoms with Gasteiger partial charge >= 0.3 is 12.1 Å². The SMILES string of the molecule is COc1ccccc1C1(C)CC1(NS(=O)(=O)c1ccc(-c2cc(C(F)(F)F)on2)s1)C(=O)O. The maximum atomic E-state index is 13.1. The van der Waals surface area contributed by atoms with Gasteiger partial charge in [-0.15, -0.1) is 11.3 Å². The molecular weight excluding hydrogens is 485 g/mol. The van der Waals surface area contributed by atoms with Gasteiger partial charge in [-0.3, -0.25) is 4.79 Å². The highest BCUT2D eigenvalue weighted by Crippen LogP contribution is 2.60. The zero-order valence-electron chi connectivity index (χ0n) is 17.1. The van der Waals surface area contributed by atoms with Gasteiger partial charge in [0.05, 0.1) is 12.0 Å². The first-order chi connectivity index (χ1) is 15.3. The number of sulfonamides is 1. The number of aliphatic carboxylic acids is 1. The number of hydrogen-bond donors (Lipinski definition) is 2. The van der Waals surface area contributed by atoms with E-state index in [0.717, 1.165) is 0 Å². The summed E-state index contributed by atoms with van der Waals surface area (Å²) in [6, 6.07) is 9.83. The Kier molecular flexibility index (Phi) is 5.34. The normalized spacial score (nSPS) is 22.8. The van der Waals surface area contributed by atoms with E-state index in [4.69, 9.17) is 4.74 Å². The van der Waals surface area contributed by atoms with Crippen LogP contribution in [0.15, 0.2) is 51.2 Å². The molecule has 2 unspecified atom stereocenters. The Hall–Kier alpha value is -2.90. The van der Waals surface area contributed by atoms with Crippen molar-refractivity contribution in [2.75, 3.05) is 7.11 Å². The van der Waals surface area contributed by atoms with Crippen LogP contribution in [0.4, 0.5) is 13.2 Å². The first-order valence-corrected chi connectivity index (χ1v) is 11.7. The molecule has 1 aliphatic rings. The number of thiophene rings is 1. The molecule has 0 bridgehead atoms. The molecule has 2 atom stereocenters. The molecule has 0 amide bonds. The standard InChI is InChI=1S/C20H17F3N2O6S2/c1-18(11-5-3-4-6-13(11)30-2)10-19(18,17(26)27)25-33(28,29)16-8-7-14(32-16)12-9-15(31-24-12)20(21,22)23/h3-9,25H,10H2,1-2H3,(H,26,27). The number of hydrogen-bond acceptors (Lipinski definition) is 7. The van der Waals surface area contributed by atoms with Crippen molar-refractivity contribution in [2.45, 2.75) is 34.7 Å². The van der Waals surface area contributed by atoms with E-state index in [-0.39, 0.29) is 21.2 Å². The van der Waals surface area contributed by atoms with Gasteiger partial charge < -0.3 is 14.4 Å². The second-order valence-electron chi connectivity index (χ2n) is 7.72. The molecule has 4 rings (SSSR count). The first-order valence-electron chi connectivity index (χ1n) is 9.39. The van der Waals surface area contributed by atoms with Crippen LogP contribution in [0.1, 0.15) is 24.7 Å². The maximum absolute atomic E-state index is 13.1. The average Bonchev–Trinajstić information content (AvgIpc) is 3.18. The lowest BCUT2D eigenvalue weighted by atomic mass is 9.92. The van der Waals surface area contributed by atoms with Gasteiger partial charge in [-0.05, 0) is 24.6 Å². The van der Waals surface area contributed by atoms with Gasteiger partial charge in [0.1, 0.15) is 21.2 Å². The van der Waals surface area contributed by atoms with E-state index in [0.29, 0.717) is 28.7 Å². The molecule has 8 nitrogen and oxygen atoms in total. The second kappa shape index (κ2) is 7.57. The van der Waals surface area contributed by atoms with Crippen molar-refractivity contribution in [3.8, 4) is 16.3 Å². The number of methoxy groups -OCH3 is 1. The third-order valence-electron chi connectivity index (χ3n) is 5.70. The monoisotopic (exact) mass is 502 g/mol. The molecule has 1 aliphatic carbocycles. The minimum absolute atomic E-state index is 0.0224.